The van der Waals surface area contributed by atoms with Gasteiger partial charge in [-0.25, -0.2) is 0 Å². The molecular formula is C16H21IO2. The molecule has 1 saturated carbocycles. The summed E-state index contributed by atoms with van der Waals surface area (Å²) in [4.78, 5) is 0. The Morgan fingerprint density at radius 1 is 1.11 bits per heavy atom. The van der Waals surface area contributed by atoms with Crippen LogP contribution >= 0.6 is 22.6 Å². The molecule has 3 heteroatoms. The molecule has 2 bridgehead atoms. The third-order valence-electron chi connectivity index (χ3n) is 4.67. The van der Waals surface area contributed by atoms with E-state index in [4.69, 9.17) is 9.47 Å². The molecule has 104 valence electrons. The SMILES string of the molecule is ICC12CCC(COCc3ccccc3)(CC1)CO2. The number of ether oxygens (including phenoxy) is 2. The van der Waals surface area contributed by atoms with Crippen LogP contribution in [0.1, 0.15) is 31.2 Å². The van der Waals surface area contributed by atoms with Gasteiger partial charge >= 0.3 is 0 Å². The summed E-state index contributed by atoms with van der Waals surface area (Å²) in [6.07, 6.45) is 4.96. The van der Waals surface area contributed by atoms with Gasteiger partial charge in [0.25, 0.3) is 0 Å². The van der Waals surface area contributed by atoms with E-state index >= 15 is 0 Å². The van der Waals surface area contributed by atoms with Crippen LogP contribution in [-0.2, 0) is 16.1 Å². The molecule has 2 saturated heterocycles. The number of hydrogen-bond acceptors (Lipinski definition) is 2. The average Bonchev–Trinajstić information content (AvgIpc) is 2.50. The molecule has 0 spiro atoms. The fourth-order valence-corrected chi connectivity index (χ4v) is 4.13. The molecule has 0 radical (unpaired) electrons. The molecule has 0 amide bonds. The molecule has 1 aromatic carbocycles. The number of fused-ring (bicyclic) bond motifs is 3. The Hall–Kier alpha value is -0.130. The van der Waals surface area contributed by atoms with Crippen LogP contribution in [0.25, 0.3) is 0 Å². The first-order valence-corrected chi connectivity index (χ1v) is 8.60. The minimum atomic E-state index is 0.196. The molecule has 2 aliphatic heterocycles. The van der Waals surface area contributed by atoms with E-state index in [9.17, 15) is 0 Å². The Kier molecular flexibility index (Phi) is 4.15. The van der Waals surface area contributed by atoms with Crippen molar-refractivity contribution < 1.29 is 9.47 Å². The van der Waals surface area contributed by atoms with E-state index in [0.717, 1.165) is 24.2 Å². The molecule has 3 fully saturated rings. The maximum absolute atomic E-state index is 6.13. The highest BCUT2D eigenvalue weighted by molar-refractivity contribution is 14.1. The third-order valence-corrected chi connectivity index (χ3v) is 6.06. The van der Waals surface area contributed by atoms with Gasteiger partial charge in [-0.05, 0) is 31.2 Å². The number of rotatable bonds is 5. The van der Waals surface area contributed by atoms with Crippen molar-refractivity contribution >= 4 is 22.6 Å². The summed E-state index contributed by atoms with van der Waals surface area (Å²) in [5.74, 6) is 0. The first-order chi connectivity index (χ1) is 9.26. The van der Waals surface area contributed by atoms with Crippen LogP contribution in [-0.4, -0.2) is 23.2 Å². The van der Waals surface area contributed by atoms with E-state index in [0.29, 0.717) is 5.41 Å². The summed E-state index contributed by atoms with van der Waals surface area (Å²) in [5, 5.41) is 0. The largest absolute Gasteiger partial charge is 0.376 e. The van der Waals surface area contributed by atoms with Crippen molar-refractivity contribution in [2.75, 3.05) is 17.6 Å². The quantitative estimate of drug-likeness (QED) is 0.575. The number of halogens is 1. The zero-order chi connectivity index (χ0) is 13.2. The van der Waals surface area contributed by atoms with Crippen LogP contribution < -0.4 is 0 Å². The van der Waals surface area contributed by atoms with Gasteiger partial charge in [-0.2, -0.15) is 0 Å². The fraction of sp³-hybridized carbons (Fsp3) is 0.625. The van der Waals surface area contributed by atoms with Crippen molar-refractivity contribution in [3.05, 3.63) is 35.9 Å². The lowest BCUT2D eigenvalue weighted by Gasteiger charge is -2.52. The lowest BCUT2D eigenvalue weighted by atomic mass is 9.67. The van der Waals surface area contributed by atoms with E-state index in [1.54, 1.807) is 0 Å². The van der Waals surface area contributed by atoms with E-state index in [1.807, 2.05) is 6.07 Å². The monoisotopic (exact) mass is 372 g/mol. The van der Waals surface area contributed by atoms with Gasteiger partial charge in [0.15, 0.2) is 0 Å². The molecule has 1 aliphatic carbocycles. The van der Waals surface area contributed by atoms with Crippen molar-refractivity contribution in [3.8, 4) is 0 Å². The molecule has 2 nitrogen and oxygen atoms in total. The zero-order valence-electron chi connectivity index (χ0n) is 11.2. The van der Waals surface area contributed by atoms with Crippen molar-refractivity contribution in [3.63, 3.8) is 0 Å². The standard InChI is InChI=1S/C16H21IO2/c17-11-16-8-6-15(7-9-16,13-19-16)12-18-10-14-4-2-1-3-5-14/h1-5H,6-13H2. The molecule has 0 unspecified atom stereocenters. The molecule has 0 aromatic heterocycles. The van der Waals surface area contributed by atoms with Crippen LogP contribution in [0, 0.1) is 5.41 Å². The van der Waals surface area contributed by atoms with Crippen LogP contribution in [0.5, 0.6) is 0 Å². The Bertz CT molecular complexity index is 393. The highest BCUT2D eigenvalue weighted by Crippen LogP contribution is 2.49. The maximum Gasteiger partial charge on any atom is 0.0772 e. The summed E-state index contributed by atoms with van der Waals surface area (Å²) in [5.41, 5.74) is 1.75. The van der Waals surface area contributed by atoms with Gasteiger partial charge in [0, 0.05) is 9.84 Å². The van der Waals surface area contributed by atoms with E-state index < -0.39 is 0 Å². The fourth-order valence-electron chi connectivity index (χ4n) is 3.15. The molecule has 1 aromatic rings. The Balaban J connectivity index is 1.51. The van der Waals surface area contributed by atoms with Crippen molar-refractivity contribution in [1.82, 2.24) is 0 Å². The molecular weight excluding hydrogens is 351 g/mol. The Morgan fingerprint density at radius 2 is 1.84 bits per heavy atom. The van der Waals surface area contributed by atoms with Gasteiger partial charge in [-0.3, -0.25) is 0 Å². The van der Waals surface area contributed by atoms with Crippen molar-refractivity contribution in [2.45, 2.75) is 37.9 Å². The molecule has 3 aliphatic rings. The molecule has 4 rings (SSSR count). The minimum absolute atomic E-state index is 0.196. The van der Waals surface area contributed by atoms with Crippen LogP contribution in [0.2, 0.25) is 0 Å². The van der Waals surface area contributed by atoms with Crippen LogP contribution in [0.3, 0.4) is 0 Å². The van der Waals surface area contributed by atoms with E-state index in [-0.39, 0.29) is 5.60 Å². The van der Waals surface area contributed by atoms with Crippen LogP contribution in [0.15, 0.2) is 30.3 Å². The number of alkyl halides is 1. The highest BCUT2D eigenvalue weighted by Gasteiger charge is 2.49. The lowest BCUT2D eigenvalue weighted by Crippen LogP contribution is -2.53. The smallest absolute Gasteiger partial charge is 0.0772 e. The summed E-state index contributed by atoms with van der Waals surface area (Å²) in [7, 11) is 0. The molecule has 0 atom stereocenters. The second-order valence-corrected chi connectivity index (χ2v) is 6.85. The highest BCUT2D eigenvalue weighted by atomic mass is 127. The predicted octanol–water partition coefficient (Wildman–Crippen LogP) is 3.97. The van der Waals surface area contributed by atoms with Crippen LogP contribution in [0.4, 0.5) is 0 Å². The first kappa shape index (κ1) is 13.8. The van der Waals surface area contributed by atoms with E-state index in [2.05, 4.69) is 46.9 Å². The maximum atomic E-state index is 6.13. The van der Waals surface area contributed by atoms with Gasteiger partial charge in [-0.15, -0.1) is 0 Å². The minimum Gasteiger partial charge on any atom is -0.376 e. The van der Waals surface area contributed by atoms with Gasteiger partial charge in [0.1, 0.15) is 0 Å². The molecule has 0 N–H and O–H groups in total. The van der Waals surface area contributed by atoms with Crippen molar-refractivity contribution in [1.29, 1.82) is 0 Å². The summed E-state index contributed by atoms with van der Waals surface area (Å²) in [6, 6.07) is 10.4. The van der Waals surface area contributed by atoms with Gasteiger partial charge in [-0.1, -0.05) is 52.9 Å². The van der Waals surface area contributed by atoms with Gasteiger partial charge < -0.3 is 9.47 Å². The zero-order valence-corrected chi connectivity index (χ0v) is 13.4. The predicted molar refractivity (Wildman–Crippen MR) is 84.6 cm³/mol. The van der Waals surface area contributed by atoms with Gasteiger partial charge in [0.2, 0.25) is 0 Å². The molecule has 2 heterocycles. The Labute approximate surface area is 129 Å². The Morgan fingerprint density at radius 3 is 2.42 bits per heavy atom. The van der Waals surface area contributed by atoms with Crippen molar-refractivity contribution in [2.24, 2.45) is 5.41 Å². The second kappa shape index (κ2) is 5.70. The third kappa shape index (κ3) is 2.98. The topological polar surface area (TPSA) is 18.5 Å². The normalized spacial score (nSPS) is 33.5. The summed E-state index contributed by atoms with van der Waals surface area (Å²) >= 11 is 2.47. The number of benzene rings is 1. The summed E-state index contributed by atoms with van der Waals surface area (Å²) in [6.45, 7) is 2.46. The summed E-state index contributed by atoms with van der Waals surface area (Å²) < 4.78 is 13.2. The number of hydrogen-bond donors (Lipinski definition) is 0. The van der Waals surface area contributed by atoms with E-state index in [1.165, 1.54) is 31.2 Å². The lowest BCUT2D eigenvalue weighted by molar-refractivity contribution is -0.188. The molecule has 19 heavy (non-hydrogen) atoms. The first-order valence-electron chi connectivity index (χ1n) is 7.08. The average molecular weight is 372 g/mol. The second-order valence-electron chi connectivity index (χ2n) is 6.08. The van der Waals surface area contributed by atoms with Gasteiger partial charge in [0.05, 0.1) is 25.4 Å².